The SMILES string of the molecule is CCCCCCCCNCC1(CN)CCC(C)CC1. The standard InChI is InChI=1S/C17H36N2/c1-3-4-5-6-7-8-13-19-15-17(14-18)11-9-16(2)10-12-17/h16,19H,3-15,18H2,1-2H3. The van der Waals surface area contributed by atoms with Crippen LogP contribution in [0.2, 0.25) is 0 Å². The van der Waals surface area contributed by atoms with Gasteiger partial charge in [0.2, 0.25) is 0 Å². The van der Waals surface area contributed by atoms with Crippen molar-refractivity contribution in [3.05, 3.63) is 0 Å². The van der Waals surface area contributed by atoms with Crippen molar-refractivity contribution in [3.8, 4) is 0 Å². The first kappa shape index (κ1) is 17.0. The highest BCUT2D eigenvalue weighted by Crippen LogP contribution is 2.37. The maximum absolute atomic E-state index is 6.04. The van der Waals surface area contributed by atoms with Crippen molar-refractivity contribution >= 4 is 0 Å². The predicted octanol–water partition coefficient (Wildman–Crippen LogP) is 4.09. The van der Waals surface area contributed by atoms with Crippen molar-refractivity contribution in [2.45, 2.75) is 78.1 Å². The lowest BCUT2D eigenvalue weighted by Gasteiger charge is -2.38. The molecule has 1 saturated carbocycles. The fourth-order valence-electron chi connectivity index (χ4n) is 3.21. The van der Waals surface area contributed by atoms with Gasteiger partial charge in [-0.25, -0.2) is 0 Å². The first-order chi connectivity index (χ1) is 9.22. The molecular weight excluding hydrogens is 232 g/mol. The van der Waals surface area contributed by atoms with Crippen LogP contribution in [0.1, 0.15) is 78.1 Å². The van der Waals surface area contributed by atoms with Gasteiger partial charge >= 0.3 is 0 Å². The van der Waals surface area contributed by atoms with Gasteiger partial charge in [-0.05, 0) is 43.7 Å². The second-order valence-corrected chi connectivity index (χ2v) is 6.83. The molecule has 0 atom stereocenters. The Bertz CT molecular complexity index is 207. The van der Waals surface area contributed by atoms with Gasteiger partial charge in [-0.15, -0.1) is 0 Å². The van der Waals surface area contributed by atoms with E-state index in [-0.39, 0.29) is 0 Å². The summed E-state index contributed by atoms with van der Waals surface area (Å²) in [5.41, 5.74) is 6.45. The maximum Gasteiger partial charge on any atom is 0.00199 e. The Kier molecular flexibility index (Phi) is 8.72. The third-order valence-electron chi connectivity index (χ3n) is 4.98. The van der Waals surface area contributed by atoms with E-state index in [9.17, 15) is 0 Å². The molecule has 0 aromatic carbocycles. The van der Waals surface area contributed by atoms with Crippen LogP contribution in [0.3, 0.4) is 0 Å². The zero-order valence-electron chi connectivity index (χ0n) is 13.3. The molecule has 0 bridgehead atoms. The van der Waals surface area contributed by atoms with E-state index < -0.39 is 0 Å². The van der Waals surface area contributed by atoms with Gasteiger partial charge in [0.25, 0.3) is 0 Å². The maximum atomic E-state index is 6.04. The molecule has 0 heterocycles. The molecule has 3 N–H and O–H groups in total. The summed E-state index contributed by atoms with van der Waals surface area (Å²) in [6.45, 7) is 7.85. The molecule has 0 radical (unpaired) electrons. The van der Waals surface area contributed by atoms with Crippen LogP contribution in [-0.2, 0) is 0 Å². The lowest BCUT2D eigenvalue weighted by Crippen LogP contribution is -2.43. The van der Waals surface area contributed by atoms with Crippen LogP contribution in [0.25, 0.3) is 0 Å². The van der Waals surface area contributed by atoms with Gasteiger partial charge in [-0.3, -0.25) is 0 Å². The van der Waals surface area contributed by atoms with Crippen LogP contribution >= 0.6 is 0 Å². The average Bonchev–Trinajstić information content (AvgIpc) is 2.44. The zero-order chi connectivity index (χ0) is 14.0. The van der Waals surface area contributed by atoms with E-state index in [0.29, 0.717) is 5.41 Å². The molecule has 1 aliphatic rings. The number of nitrogens with one attached hydrogen (secondary N) is 1. The molecule has 0 aliphatic heterocycles. The highest BCUT2D eigenvalue weighted by Gasteiger charge is 2.32. The summed E-state index contributed by atoms with van der Waals surface area (Å²) in [4.78, 5) is 0. The molecule has 1 rings (SSSR count). The lowest BCUT2D eigenvalue weighted by atomic mass is 9.71. The minimum atomic E-state index is 0.411. The largest absolute Gasteiger partial charge is 0.330 e. The summed E-state index contributed by atoms with van der Waals surface area (Å²) < 4.78 is 0. The van der Waals surface area contributed by atoms with E-state index in [1.54, 1.807) is 0 Å². The van der Waals surface area contributed by atoms with E-state index in [1.807, 2.05) is 0 Å². The summed E-state index contributed by atoms with van der Waals surface area (Å²) in [5.74, 6) is 0.915. The van der Waals surface area contributed by atoms with Gasteiger partial charge in [-0.2, -0.15) is 0 Å². The molecule has 0 aromatic heterocycles. The molecule has 0 aromatic rings. The van der Waals surface area contributed by atoms with Crippen molar-refractivity contribution in [1.82, 2.24) is 5.32 Å². The molecule has 0 saturated heterocycles. The third-order valence-corrected chi connectivity index (χ3v) is 4.98. The van der Waals surface area contributed by atoms with E-state index >= 15 is 0 Å². The molecule has 2 heteroatoms. The van der Waals surface area contributed by atoms with Crippen LogP contribution in [0.15, 0.2) is 0 Å². The molecule has 0 unspecified atom stereocenters. The first-order valence-corrected chi connectivity index (χ1v) is 8.63. The van der Waals surface area contributed by atoms with Crippen molar-refractivity contribution in [2.75, 3.05) is 19.6 Å². The fourth-order valence-corrected chi connectivity index (χ4v) is 3.21. The second kappa shape index (κ2) is 9.77. The first-order valence-electron chi connectivity index (χ1n) is 8.63. The van der Waals surface area contributed by atoms with Crippen LogP contribution < -0.4 is 11.1 Å². The Hall–Kier alpha value is -0.0800. The molecule has 2 nitrogen and oxygen atoms in total. The van der Waals surface area contributed by atoms with E-state index in [0.717, 1.165) is 19.0 Å². The van der Waals surface area contributed by atoms with Crippen LogP contribution in [0, 0.1) is 11.3 Å². The lowest BCUT2D eigenvalue weighted by molar-refractivity contribution is 0.159. The fraction of sp³-hybridized carbons (Fsp3) is 1.00. The average molecular weight is 268 g/mol. The number of rotatable bonds is 10. The third kappa shape index (κ3) is 6.76. The molecule has 114 valence electrons. The predicted molar refractivity (Wildman–Crippen MR) is 85.4 cm³/mol. The van der Waals surface area contributed by atoms with Crippen LogP contribution in [0.5, 0.6) is 0 Å². The Morgan fingerprint density at radius 1 is 1.05 bits per heavy atom. The van der Waals surface area contributed by atoms with Gasteiger partial charge < -0.3 is 11.1 Å². The van der Waals surface area contributed by atoms with Crippen molar-refractivity contribution < 1.29 is 0 Å². The van der Waals surface area contributed by atoms with Crippen molar-refractivity contribution in [2.24, 2.45) is 17.1 Å². The van der Waals surface area contributed by atoms with E-state index in [2.05, 4.69) is 19.2 Å². The van der Waals surface area contributed by atoms with Gasteiger partial charge in [0.05, 0.1) is 0 Å². The number of unbranched alkanes of at least 4 members (excludes halogenated alkanes) is 5. The Balaban J connectivity index is 2.03. The molecule has 0 amide bonds. The number of hydrogen-bond donors (Lipinski definition) is 2. The van der Waals surface area contributed by atoms with Crippen molar-refractivity contribution in [1.29, 1.82) is 0 Å². The highest BCUT2D eigenvalue weighted by molar-refractivity contribution is 4.87. The summed E-state index contributed by atoms with van der Waals surface area (Å²) >= 11 is 0. The van der Waals surface area contributed by atoms with Crippen LogP contribution in [-0.4, -0.2) is 19.6 Å². The summed E-state index contributed by atoms with van der Waals surface area (Å²) in [6.07, 6.45) is 13.7. The topological polar surface area (TPSA) is 38.0 Å². The molecule has 1 fully saturated rings. The quantitative estimate of drug-likeness (QED) is 0.586. The monoisotopic (exact) mass is 268 g/mol. The Morgan fingerprint density at radius 3 is 2.32 bits per heavy atom. The second-order valence-electron chi connectivity index (χ2n) is 6.83. The smallest absolute Gasteiger partial charge is 0.00199 e. The number of hydrogen-bond acceptors (Lipinski definition) is 2. The summed E-state index contributed by atoms with van der Waals surface area (Å²) in [6, 6.07) is 0. The normalized spacial score (nSPS) is 27.6. The van der Waals surface area contributed by atoms with Gasteiger partial charge in [-0.1, -0.05) is 58.8 Å². The van der Waals surface area contributed by atoms with Gasteiger partial charge in [0.1, 0.15) is 0 Å². The van der Waals surface area contributed by atoms with E-state index in [1.165, 1.54) is 70.8 Å². The molecular formula is C17H36N2. The highest BCUT2D eigenvalue weighted by atomic mass is 14.9. The molecule has 19 heavy (non-hydrogen) atoms. The van der Waals surface area contributed by atoms with Crippen molar-refractivity contribution in [3.63, 3.8) is 0 Å². The molecule has 0 spiro atoms. The summed E-state index contributed by atoms with van der Waals surface area (Å²) in [5, 5.41) is 3.67. The minimum absolute atomic E-state index is 0.411. The summed E-state index contributed by atoms with van der Waals surface area (Å²) in [7, 11) is 0. The Labute approximate surface area is 120 Å². The van der Waals surface area contributed by atoms with Crippen LogP contribution in [0.4, 0.5) is 0 Å². The Morgan fingerprint density at radius 2 is 1.68 bits per heavy atom. The molecule has 1 aliphatic carbocycles. The zero-order valence-corrected chi connectivity index (χ0v) is 13.3. The minimum Gasteiger partial charge on any atom is -0.330 e. The van der Waals surface area contributed by atoms with Gasteiger partial charge in [0, 0.05) is 6.54 Å². The van der Waals surface area contributed by atoms with E-state index in [4.69, 9.17) is 5.73 Å². The van der Waals surface area contributed by atoms with Gasteiger partial charge in [0.15, 0.2) is 0 Å². The number of nitrogens with two attached hydrogens (primary N) is 1.